The summed E-state index contributed by atoms with van der Waals surface area (Å²) in [5, 5.41) is 0. The summed E-state index contributed by atoms with van der Waals surface area (Å²) in [7, 11) is 0. The number of aryl methyl sites for hydroxylation is 1. The van der Waals surface area contributed by atoms with Crippen LogP contribution >= 0.6 is 0 Å². The van der Waals surface area contributed by atoms with Crippen LogP contribution in [-0.4, -0.2) is 16.1 Å². The molecule has 3 rings (SSSR count). The molecule has 0 aliphatic rings. The lowest BCUT2D eigenvalue weighted by atomic mass is 10.2. The van der Waals surface area contributed by atoms with Gasteiger partial charge < -0.3 is 14.7 Å². The van der Waals surface area contributed by atoms with Gasteiger partial charge in [-0.2, -0.15) is 0 Å². The predicted octanol–water partition coefficient (Wildman–Crippen LogP) is 3.13. The second kappa shape index (κ2) is 5.51. The van der Waals surface area contributed by atoms with Gasteiger partial charge in [0, 0.05) is 13.0 Å². The number of hydrogen-bond acceptors (Lipinski definition) is 3. The SMILES string of the molecule is CCCc1nc2ccccc2n1C(CN)c1ccco1. The summed E-state index contributed by atoms with van der Waals surface area (Å²) < 4.78 is 7.78. The van der Waals surface area contributed by atoms with Crippen LogP contribution in [0.4, 0.5) is 0 Å². The molecule has 0 saturated carbocycles. The highest BCUT2D eigenvalue weighted by atomic mass is 16.3. The van der Waals surface area contributed by atoms with Crippen molar-refractivity contribution in [2.24, 2.45) is 5.73 Å². The summed E-state index contributed by atoms with van der Waals surface area (Å²) in [5.41, 5.74) is 8.13. The van der Waals surface area contributed by atoms with E-state index in [1.54, 1.807) is 6.26 Å². The van der Waals surface area contributed by atoms with Gasteiger partial charge in [0.15, 0.2) is 0 Å². The van der Waals surface area contributed by atoms with Gasteiger partial charge in [0.25, 0.3) is 0 Å². The number of nitrogens with two attached hydrogens (primary N) is 1. The zero-order chi connectivity index (χ0) is 13.9. The zero-order valence-corrected chi connectivity index (χ0v) is 11.6. The first-order valence-electron chi connectivity index (χ1n) is 7.04. The summed E-state index contributed by atoms with van der Waals surface area (Å²) in [6.45, 7) is 2.65. The Kier molecular flexibility index (Phi) is 3.56. The van der Waals surface area contributed by atoms with Gasteiger partial charge in [-0.1, -0.05) is 19.1 Å². The Balaban J connectivity index is 2.19. The first-order chi connectivity index (χ1) is 9.85. The zero-order valence-electron chi connectivity index (χ0n) is 11.6. The molecule has 20 heavy (non-hydrogen) atoms. The van der Waals surface area contributed by atoms with Crippen molar-refractivity contribution < 1.29 is 4.42 Å². The Morgan fingerprint density at radius 1 is 1.25 bits per heavy atom. The van der Waals surface area contributed by atoms with Crippen LogP contribution in [0.1, 0.15) is 31.0 Å². The molecule has 0 spiro atoms. The number of furan rings is 1. The van der Waals surface area contributed by atoms with Gasteiger partial charge in [0.2, 0.25) is 0 Å². The first kappa shape index (κ1) is 12.9. The van der Waals surface area contributed by atoms with Crippen molar-refractivity contribution >= 4 is 11.0 Å². The van der Waals surface area contributed by atoms with E-state index in [1.807, 2.05) is 30.3 Å². The van der Waals surface area contributed by atoms with Crippen molar-refractivity contribution in [3.05, 3.63) is 54.2 Å². The molecule has 0 fully saturated rings. The number of para-hydroxylation sites is 2. The minimum absolute atomic E-state index is 0.000972. The fourth-order valence-corrected chi connectivity index (χ4v) is 2.67. The van der Waals surface area contributed by atoms with E-state index in [0.717, 1.165) is 35.5 Å². The van der Waals surface area contributed by atoms with Crippen molar-refractivity contribution in [1.29, 1.82) is 0 Å². The van der Waals surface area contributed by atoms with Crippen LogP contribution < -0.4 is 5.73 Å². The van der Waals surface area contributed by atoms with E-state index >= 15 is 0 Å². The lowest BCUT2D eigenvalue weighted by Gasteiger charge is -2.18. The second-order valence-electron chi connectivity index (χ2n) is 4.90. The fourth-order valence-electron chi connectivity index (χ4n) is 2.67. The van der Waals surface area contributed by atoms with Crippen molar-refractivity contribution in [1.82, 2.24) is 9.55 Å². The molecule has 4 heteroatoms. The Morgan fingerprint density at radius 3 is 2.80 bits per heavy atom. The molecule has 2 N–H and O–H groups in total. The molecule has 2 heterocycles. The molecule has 0 amide bonds. The van der Waals surface area contributed by atoms with Gasteiger partial charge in [0.1, 0.15) is 17.6 Å². The Morgan fingerprint density at radius 2 is 2.10 bits per heavy atom. The third-order valence-corrected chi connectivity index (χ3v) is 3.55. The van der Waals surface area contributed by atoms with E-state index in [2.05, 4.69) is 17.6 Å². The molecule has 1 aromatic carbocycles. The summed E-state index contributed by atoms with van der Waals surface area (Å²) >= 11 is 0. The van der Waals surface area contributed by atoms with Crippen molar-refractivity contribution in [3.8, 4) is 0 Å². The summed E-state index contributed by atoms with van der Waals surface area (Å²) in [5.74, 6) is 1.95. The van der Waals surface area contributed by atoms with Gasteiger partial charge in [-0.3, -0.25) is 0 Å². The smallest absolute Gasteiger partial charge is 0.127 e. The molecule has 2 aromatic heterocycles. The second-order valence-corrected chi connectivity index (χ2v) is 4.90. The van der Waals surface area contributed by atoms with Crippen LogP contribution in [0.3, 0.4) is 0 Å². The topological polar surface area (TPSA) is 57.0 Å². The van der Waals surface area contributed by atoms with Crippen LogP contribution in [-0.2, 0) is 6.42 Å². The van der Waals surface area contributed by atoms with Crippen LogP contribution in [0.15, 0.2) is 47.1 Å². The average Bonchev–Trinajstić information content (AvgIpc) is 3.09. The normalized spacial score (nSPS) is 12.9. The largest absolute Gasteiger partial charge is 0.467 e. The van der Waals surface area contributed by atoms with Crippen LogP contribution in [0.25, 0.3) is 11.0 Å². The lowest BCUT2D eigenvalue weighted by molar-refractivity contribution is 0.430. The number of rotatable bonds is 5. The molecular weight excluding hydrogens is 250 g/mol. The van der Waals surface area contributed by atoms with Gasteiger partial charge in [0.05, 0.1) is 17.3 Å². The number of imidazole rings is 1. The average molecular weight is 269 g/mol. The lowest BCUT2D eigenvalue weighted by Crippen LogP contribution is -2.21. The Labute approximate surface area is 118 Å². The highest BCUT2D eigenvalue weighted by Crippen LogP contribution is 2.26. The minimum Gasteiger partial charge on any atom is -0.467 e. The van der Waals surface area contributed by atoms with E-state index in [1.165, 1.54) is 0 Å². The van der Waals surface area contributed by atoms with Crippen LogP contribution in [0.2, 0.25) is 0 Å². The van der Waals surface area contributed by atoms with E-state index in [9.17, 15) is 0 Å². The highest BCUT2D eigenvalue weighted by molar-refractivity contribution is 5.76. The maximum atomic E-state index is 6.00. The third kappa shape index (κ3) is 2.12. The molecule has 0 bridgehead atoms. The molecule has 4 nitrogen and oxygen atoms in total. The van der Waals surface area contributed by atoms with Gasteiger partial charge in [-0.25, -0.2) is 4.98 Å². The van der Waals surface area contributed by atoms with Gasteiger partial charge >= 0.3 is 0 Å². The third-order valence-electron chi connectivity index (χ3n) is 3.55. The fraction of sp³-hybridized carbons (Fsp3) is 0.312. The molecular formula is C16H19N3O. The van der Waals surface area contributed by atoms with E-state index in [0.29, 0.717) is 6.54 Å². The molecule has 104 valence electrons. The summed E-state index contributed by atoms with van der Waals surface area (Å²) in [6.07, 6.45) is 3.68. The molecule has 0 aliphatic heterocycles. The Bertz CT molecular complexity index is 685. The highest BCUT2D eigenvalue weighted by Gasteiger charge is 2.21. The van der Waals surface area contributed by atoms with E-state index in [4.69, 9.17) is 15.1 Å². The Hall–Kier alpha value is -2.07. The van der Waals surface area contributed by atoms with Crippen molar-refractivity contribution in [3.63, 3.8) is 0 Å². The molecule has 0 aliphatic carbocycles. The van der Waals surface area contributed by atoms with Crippen LogP contribution in [0.5, 0.6) is 0 Å². The summed E-state index contributed by atoms with van der Waals surface area (Å²) in [6, 6.07) is 12.1. The molecule has 0 radical (unpaired) electrons. The van der Waals surface area contributed by atoms with Crippen LogP contribution in [0, 0.1) is 0 Å². The molecule has 0 saturated heterocycles. The summed E-state index contributed by atoms with van der Waals surface area (Å²) in [4.78, 5) is 4.75. The van der Waals surface area contributed by atoms with Crippen molar-refractivity contribution in [2.75, 3.05) is 6.54 Å². The van der Waals surface area contributed by atoms with E-state index in [-0.39, 0.29) is 6.04 Å². The standard InChI is InChI=1S/C16H19N3O/c1-2-6-16-18-12-7-3-4-8-13(12)19(16)14(11-17)15-9-5-10-20-15/h3-5,7-10,14H,2,6,11,17H2,1H3. The first-order valence-corrected chi connectivity index (χ1v) is 7.04. The minimum atomic E-state index is -0.000972. The number of aromatic nitrogens is 2. The number of fused-ring (bicyclic) bond motifs is 1. The maximum Gasteiger partial charge on any atom is 0.127 e. The molecule has 1 atom stereocenters. The molecule has 3 aromatic rings. The predicted molar refractivity (Wildman–Crippen MR) is 79.6 cm³/mol. The number of hydrogen-bond donors (Lipinski definition) is 1. The molecule has 1 unspecified atom stereocenters. The van der Waals surface area contributed by atoms with Gasteiger partial charge in [-0.15, -0.1) is 0 Å². The van der Waals surface area contributed by atoms with Crippen molar-refractivity contribution in [2.45, 2.75) is 25.8 Å². The van der Waals surface area contributed by atoms with E-state index < -0.39 is 0 Å². The van der Waals surface area contributed by atoms with Gasteiger partial charge in [-0.05, 0) is 30.7 Å². The number of benzene rings is 1. The quantitative estimate of drug-likeness (QED) is 0.774. The monoisotopic (exact) mass is 269 g/mol. The maximum absolute atomic E-state index is 6.00. The number of nitrogens with zero attached hydrogens (tertiary/aromatic N) is 2.